The van der Waals surface area contributed by atoms with Crippen molar-refractivity contribution in [2.45, 2.75) is 58.6 Å². The Balaban J connectivity index is 1.75. The van der Waals surface area contributed by atoms with E-state index in [4.69, 9.17) is 9.72 Å². The quantitative estimate of drug-likeness (QED) is 0.543. The van der Waals surface area contributed by atoms with Gasteiger partial charge in [0.15, 0.2) is 0 Å². The van der Waals surface area contributed by atoms with E-state index in [9.17, 15) is 0 Å². The van der Waals surface area contributed by atoms with Gasteiger partial charge < -0.3 is 9.30 Å². The van der Waals surface area contributed by atoms with Crippen molar-refractivity contribution in [1.29, 1.82) is 0 Å². The van der Waals surface area contributed by atoms with Crippen LogP contribution < -0.4 is 0 Å². The van der Waals surface area contributed by atoms with Crippen molar-refractivity contribution >= 4 is 28.3 Å². The van der Waals surface area contributed by atoms with Gasteiger partial charge in [0.1, 0.15) is 0 Å². The lowest BCUT2D eigenvalue weighted by Crippen LogP contribution is -2.09. The van der Waals surface area contributed by atoms with Crippen LogP contribution in [0.4, 0.5) is 0 Å². The van der Waals surface area contributed by atoms with Gasteiger partial charge in [-0.25, -0.2) is 4.98 Å². The van der Waals surface area contributed by atoms with Gasteiger partial charge >= 0.3 is 0 Å². The highest BCUT2D eigenvalue weighted by Gasteiger charge is 2.20. The predicted molar refractivity (Wildman–Crippen MR) is 115 cm³/mol. The molecule has 2 heterocycles. The number of rotatable bonds is 6. The molecule has 0 radical (unpaired) electrons. The Kier molecular flexibility index (Phi) is 5.46. The first-order chi connectivity index (χ1) is 13.2. The van der Waals surface area contributed by atoms with E-state index in [0.717, 1.165) is 18.0 Å². The zero-order chi connectivity index (χ0) is 18.8. The third kappa shape index (κ3) is 3.74. The molecule has 0 N–H and O–H groups in total. The van der Waals surface area contributed by atoms with Crippen molar-refractivity contribution < 1.29 is 4.74 Å². The summed E-state index contributed by atoms with van der Waals surface area (Å²) < 4.78 is 7.98. The highest BCUT2D eigenvalue weighted by atomic mass is 32.1. The van der Waals surface area contributed by atoms with E-state index in [-0.39, 0.29) is 6.10 Å². The van der Waals surface area contributed by atoms with Gasteiger partial charge in [-0.2, -0.15) is 0 Å². The second kappa shape index (κ2) is 7.99. The fourth-order valence-corrected chi connectivity index (χ4v) is 4.78. The molecule has 142 valence electrons. The Morgan fingerprint density at radius 3 is 2.89 bits per heavy atom. The van der Waals surface area contributed by atoms with Crippen LogP contribution in [0.5, 0.6) is 0 Å². The topological polar surface area (TPSA) is 27.1 Å². The lowest BCUT2D eigenvalue weighted by atomic mass is 9.95. The molecule has 2 aromatic heterocycles. The molecule has 0 spiro atoms. The average molecular weight is 381 g/mol. The van der Waals surface area contributed by atoms with Crippen molar-refractivity contribution in [2.75, 3.05) is 7.11 Å². The van der Waals surface area contributed by atoms with Crippen molar-refractivity contribution in [3.8, 4) is 0 Å². The number of thiazole rings is 1. The van der Waals surface area contributed by atoms with E-state index in [1.54, 1.807) is 24.0 Å². The number of aromatic nitrogens is 2. The lowest BCUT2D eigenvalue weighted by molar-refractivity contribution is 0.138. The highest BCUT2D eigenvalue weighted by molar-refractivity contribution is 7.09. The van der Waals surface area contributed by atoms with Gasteiger partial charge in [-0.15, -0.1) is 11.3 Å². The fourth-order valence-electron chi connectivity index (χ4n) is 4.18. The standard InChI is InChI=1S/C23H28N2OS/c1-4-19(26-3)11-9-17-10-12-23-21(13-17)20-7-5-6-8-22(20)25(23)14-18-15-27-16(2)24-18/h9-13,15,19H,4-8,14H2,1-3H3/b11-9+/t19-/m0/s1. The smallest absolute Gasteiger partial charge is 0.0898 e. The zero-order valence-electron chi connectivity index (χ0n) is 16.5. The van der Waals surface area contributed by atoms with Crippen LogP contribution in [0.3, 0.4) is 0 Å². The Hall–Kier alpha value is -1.91. The van der Waals surface area contributed by atoms with Crippen LogP contribution in [0, 0.1) is 6.92 Å². The van der Waals surface area contributed by atoms with Crippen LogP contribution in [0.2, 0.25) is 0 Å². The number of hydrogen-bond donors (Lipinski definition) is 0. The summed E-state index contributed by atoms with van der Waals surface area (Å²) in [6.45, 7) is 5.12. The first kappa shape index (κ1) is 18.5. The molecule has 0 saturated carbocycles. The number of methoxy groups -OCH3 is 1. The Morgan fingerprint density at radius 1 is 1.30 bits per heavy atom. The van der Waals surface area contributed by atoms with Crippen molar-refractivity contribution in [3.05, 3.63) is 57.2 Å². The van der Waals surface area contributed by atoms with Gasteiger partial charge in [0.25, 0.3) is 0 Å². The number of hydrogen-bond acceptors (Lipinski definition) is 3. The Morgan fingerprint density at radius 2 is 2.15 bits per heavy atom. The summed E-state index contributed by atoms with van der Waals surface area (Å²) in [5.41, 5.74) is 6.86. The van der Waals surface area contributed by atoms with Gasteiger partial charge in [-0.3, -0.25) is 0 Å². The molecule has 1 aliphatic carbocycles. The molecule has 4 heteroatoms. The third-order valence-corrected chi connectivity index (χ3v) is 6.42. The first-order valence-electron chi connectivity index (χ1n) is 9.95. The number of aryl methyl sites for hydroxylation is 2. The van der Waals surface area contributed by atoms with Gasteiger partial charge in [-0.05, 0) is 62.3 Å². The van der Waals surface area contributed by atoms with E-state index in [0.29, 0.717) is 0 Å². The van der Waals surface area contributed by atoms with Crippen LogP contribution in [0.25, 0.3) is 17.0 Å². The molecule has 1 atom stereocenters. The van der Waals surface area contributed by atoms with Crippen molar-refractivity contribution in [2.24, 2.45) is 0 Å². The molecule has 1 aromatic carbocycles. The molecule has 0 aliphatic heterocycles. The molecular formula is C23H28N2OS. The van der Waals surface area contributed by atoms with Crippen LogP contribution in [-0.2, 0) is 24.1 Å². The average Bonchev–Trinajstić information content (AvgIpc) is 3.24. The Bertz CT molecular complexity index is 962. The minimum Gasteiger partial charge on any atom is -0.377 e. The molecule has 0 saturated heterocycles. The van der Waals surface area contributed by atoms with Gasteiger partial charge in [0, 0.05) is 29.1 Å². The van der Waals surface area contributed by atoms with E-state index in [1.165, 1.54) is 53.5 Å². The molecule has 3 aromatic rings. The number of fused-ring (bicyclic) bond motifs is 3. The van der Waals surface area contributed by atoms with Gasteiger partial charge in [-0.1, -0.05) is 25.1 Å². The van der Waals surface area contributed by atoms with Crippen molar-refractivity contribution in [3.63, 3.8) is 0 Å². The monoisotopic (exact) mass is 380 g/mol. The molecule has 3 nitrogen and oxygen atoms in total. The van der Waals surface area contributed by atoms with Crippen LogP contribution in [0.15, 0.2) is 29.7 Å². The molecule has 0 amide bonds. The van der Waals surface area contributed by atoms with E-state index >= 15 is 0 Å². The number of benzene rings is 1. The molecule has 27 heavy (non-hydrogen) atoms. The number of nitrogens with zero attached hydrogens (tertiary/aromatic N) is 2. The van der Waals surface area contributed by atoms with Crippen molar-refractivity contribution in [1.82, 2.24) is 9.55 Å². The highest BCUT2D eigenvalue weighted by Crippen LogP contribution is 2.33. The molecule has 1 aliphatic rings. The second-order valence-electron chi connectivity index (χ2n) is 7.39. The van der Waals surface area contributed by atoms with E-state index < -0.39 is 0 Å². The summed E-state index contributed by atoms with van der Waals surface area (Å²) >= 11 is 1.74. The minimum atomic E-state index is 0.187. The van der Waals surface area contributed by atoms with Crippen LogP contribution in [0.1, 0.15) is 53.7 Å². The maximum absolute atomic E-state index is 5.47. The number of ether oxygens (including phenoxy) is 1. The molecule has 4 rings (SSSR count). The predicted octanol–water partition coefficient (Wildman–Crippen LogP) is 5.77. The maximum atomic E-state index is 5.47. The SMILES string of the molecule is CC[C@@H](/C=C/c1ccc2c(c1)c1c(n2Cc2csc(C)n2)CCCC1)OC. The maximum Gasteiger partial charge on any atom is 0.0898 e. The summed E-state index contributed by atoms with van der Waals surface area (Å²) in [5, 5.41) is 4.76. The first-order valence-corrected chi connectivity index (χ1v) is 10.8. The van der Waals surface area contributed by atoms with Gasteiger partial charge in [0.2, 0.25) is 0 Å². The fraction of sp³-hybridized carbons (Fsp3) is 0.435. The largest absolute Gasteiger partial charge is 0.377 e. The normalized spacial score (nSPS) is 15.5. The van der Waals surface area contributed by atoms with Crippen LogP contribution >= 0.6 is 11.3 Å². The zero-order valence-corrected chi connectivity index (χ0v) is 17.3. The van der Waals surface area contributed by atoms with E-state index in [2.05, 4.69) is 54.1 Å². The van der Waals surface area contributed by atoms with Gasteiger partial charge in [0.05, 0.1) is 23.4 Å². The molecule has 0 unspecified atom stereocenters. The summed E-state index contributed by atoms with van der Waals surface area (Å²) in [6.07, 6.45) is 10.5. The minimum absolute atomic E-state index is 0.187. The molecule has 0 bridgehead atoms. The summed E-state index contributed by atoms with van der Waals surface area (Å²) in [4.78, 5) is 4.70. The molecule has 0 fully saturated rings. The molecular weight excluding hydrogens is 352 g/mol. The van der Waals surface area contributed by atoms with E-state index in [1.807, 2.05) is 0 Å². The second-order valence-corrected chi connectivity index (χ2v) is 8.46. The summed E-state index contributed by atoms with van der Waals surface area (Å²) in [5.74, 6) is 0. The van der Waals surface area contributed by atoms with Crippen LogP contribution in [-0.4, -0.2) is 22.8 Å². The summed E-state index contributed by atoms with van der Waals surface area (Å²) in [6, 6.07) is 6.89. The lowest BCUT2D eigenvalue weighted by Gasteiger charge is -2.15. The Labute approximate surface area is 165 Å². The third-order valence-electron chi connectivity index (χ3n) is 5.60. The summed E-state index contributed by atoms with van der Waals surface area (Å²) in [7, 11) is 1.78.